The van der Waals surface area contributed by atoms with Crippen molar-refractivity contribution in [2.75, 3.05) is 37.6 Å². The number of carbonyl (C=O) groups excluding carboxylic acids is 1. The molecule has 1 saturated heterocycles. The number of hydrogen-bond acceptors (Lipinski definition) is 5. The van der Waals surface area contributed by atoms with Gasteiger partial charge in [-0.05, 0) is 18.6 Å². The smallest absolute Gasteiger partial charge is 0.178 e. The molecule has 4 rings (SSSR count). The first-order valence-electron chi connectivity index (χ1n) is 8.55. The zero-order valence-corrected chi connectivity index (χ0v) is 14.3. The summed E-state index contributed by atoms with van der Waals surface area (Å²) >= 11 is 0. The van der Waals surface area contributed by atoms with E-state index in [4.69, 9.17) is 0 Å². The number of benzene rings is 1. The van der Waals surface area contributed by atoms with Crippen LogP contribution in [0.2, 0.25) is 0 Å². The molecule has 3 aromatic rings. The van der Waals surface area contributed by atoms with Gasteiger partial charge >= 0.3 is 0 Å². The van der Waals surface area contributed by atoms with Gasteiger partial charge in [0, 0.05) is 61.2 Å². The first kappa shape index (κ1) is 15.8. The van der Waals surface area contributed by atoms with Crippen molar-refractivity contribution in [3.8, 4) is 0 Å². The van der Waals surface area contributed by atoms with Gasteiger partial charge in [0.25, 0.3) is 0 Å². The lowest BCUT2D eigenvalue weighted by Gasteiger charge is -2.34. The number of Topliss-reactive ketones (excluding diaryl/α,β-unsaturated/α-hetero) is 1. The summed E-state index contributed by atoms with van der Waals surface area (Å²) in [6.07, 6.45) is 7.02. The minimum absolute atomic E-state index is 0.169. The fraction of sp³-hybridized carbons (Fsp3) is 0.316. The van der Waals surface area contributed by atoms with E-state index in [-0.39, 0.29) is 5.78 Å². The lowest BCUT2D eigenvalue weighted by atomic mass is 10.1. The summed E-state index contributed by atoms with van der Waals surface area (Å²) in [6.45, 7) is 5.93. The highest BCUT2D eigenvalue weighted by Crippen LogP contribution is 2.20. The molecular weight excluding hydrogens is 314 g/mol. The Morgan fingerprint density at radius 3 is 2.80 bits per heavy atom. The average molecular weight is 335 g/mol. The third-order valence-corrected chi connectivity index (χ3v) is 4.75. The number of fused-ring (bicyclic) bond motifs is 1. The van der Waals surface area contributed by atoms with Crippen LogP contribution in [0, 0.1) is 6.92 Å². The summed E-state index contributed by atoms with van der Waals surface area (Å²) in [5.74, 6) is 1.07. The molecule has 0 radical (unpaired) electrons. The number of aromatic amines is 1. The van der Waals surface area contributed by atoms with Crippen molar-refractivity contribution in [1.29, 1.82) is 0 Å². The molecule has 1 fully saturated rings. The largest absolute Gasteiger partial charge is 0.360 e. The maximum atomic E-state index is 12.7. The van der Waals surface area contributed by atoms with Crippen LogP contribution in [0.5, 0.6) is 0 Å². The van der Waals surface area contributed by atoms with E-state index in [0.717, 1.165) is 48.5 Å². The van der Waals surface area contributed by atoms with E-state index >= 15 is 0 Å². The predicted molar refractivity (Wildman–Crippen MR) is 98.1 cm³/mol. The van der Waals surface area contributed by atoms with Gasteiger partial charge in [-0.3, -0.25) is 14.7 Å². The van der Waals surface area contributed by atoms with E-state index < -0.39 is 0 Å². The SMILES string of the molecule is Cc1ccc2c(C(=O)CN3CCN(c4cnccn4)CC3)c[nH]c2c1. The van der Waals surface area contributed by atoms with Crippen molar-refractivity contribution >= 4 is 22.5 Å². The molecule has 0 bridgehead atoms. The number of aryl methyl sites for hydroxylation is 1. The van der Waals surface area contributed by atoms with Crippen molar-refractivity contribution < 1.29 is 4.79 Å². The van der Waals surface area contributed by atoms with Crippen LogP contribution >= 0.6 is 0 Å². The van der Waals surface area contributed by atoms with Gasteiger partial charge in [-0.1, -0.05) is 12.1 Å². The number of carbonyl (C=O) groups is 1. The fourth-order valence-electron chi connectivity index (χ4n) is 3.35. The molecule has 0 saturated carbocycles. The second-order valence-corrected chi connectivity index (χ2v) is 6.50. The standard InChI is InChI=1S/C19H21N5O/c1-14-2-3-15-16(11-22-17(15)10-14)18(25)13-23-6-8-24(9-7-23)19-12-20-4-5-21-19/h2-5,10-12,22H,6-9,13H2,1H3. The molecule has 1 aromatic carbocycles. The van der Waals surface area contributed by atoms with Crippen LogP contribution in [0.3, 0.4) is 0 Å². The van der Waals surface area contributed by atoms with E-state index in [2.05, 4.69) is 37.7 Å². The van der Waals surface area contributed by atoms with Gasteiger partial charge in [-0.2, -0.15) is 0 Å². The predicted octanol–water partition coefficient (Wildman–Crippen LogP) is 2.27. The van der Waals surface area contributed by atoms with Crippen molar-refractivity contribution in [1.82, 2.24) is 19.9 Å². The molecule has 6 nitrogen and oxygen atoms in total. The average Bonchev–Trinajstić information content (AvgIpc) is 3.06. The lowest BCUT2D eigenvalue weighted by molar-refractivity contribution is 0.0928. The number of anilines is 1. The summed E-state index contributed by atoms with van der Waals surface area (Å²) in [7, 11) is 0. The highest BCUT2D eigenvalue weighted by Gasteiger charge is 2.21. The van der Waals surface area contributed by atoms with Crippen LogP contribution in [-0.2, 0) is 0 Å². The molecule has 6 heteroatoms. The highest BCUT2D eigenvalue weighted by molar-refractivity contribution is 6.08. The first-order valence-corrected chi connectivity index (χ1v) is 8.55. The Morgan fingerprint density at radius 2 is 2.04 bits per heavy atom. The molecule has 25 heavy (non-hydrogen) atoms. The van der Waals surface area contributed by atoms with Crippen LogP contribution in [0.4, 0.5) is 5.82 Å². The van der Waals surface area contributed by atoms with Gasteiger partial charge in [0.2, 0.25) is 0 Å². The van der Waals surface area contributed by atoms with Crippen molar-refractivity contribution in [2.24, 2.45) is 0 Å². The zero-order valence-electron chi connectivity index (χ0n) is 14.3. The molecule has 0 spiro atoms. The molecule has 1 aliphatic rings. The van der Waals surface area contributed by atoms with Gasteiger partial charge in [0.05, 0.1) is 12.7 Å². The summed E-state index contributed by atoms with van der Waals surface area (Å²) in [6, 6.07) is 6.15. The molecule has 0 atom stereocenters. The van der Waals surface area contributed by atoms with Gasteiger partial charge in [0.1, 0.15) is 5.82 Å². The summed E-state index contributed by atoms with van der Waals surface area (Å²) < 4.78 is 0. The Kier molecular flexibility index (Phi) is 4.19. The summed E-state index contributed by atoms with van der Waals surface area (Å²) in [5, 5.41) is 1.01. The number of nitrogens with one attached hydrogen (secondary N) is 1. The Labute approximate surface area is 146 Å². The number of piperazine rings is 1. The molecule has 0 unspecified atom stereocenters. The van der Waals surface area contributed by atoms with Crippen LogP contribution in [-0.4, -0.2) is 58.4 Å². The van der Waals surface area contributed by atoms with E-state index in [1.54, 1.807) is 18.6 Å². The third kappa shape index (κ3) is 3.25. The van der Waals surface area contributed by atoms with Gasteiger partial charge in [0.15, 0.2) is 5.78 Å². The Hall–Kier alpha value is -2.73. The number of nitrogens with zero attached hydrogens (tertiary/aromatic N) is 4. The van der Waals surface area contributed by atoms with Crippen molar-refractivity contribution in [3.05, 3.63) is 54.1 Å². The van der Waals surface area contributed by atoms with Crippen LogP contribution in [0.1, 0.15) is 15.9 Å². The fourth-order valence-corrected chi connectivity index (χ4v) is 3.35. The lowest BCUT2D eigenvalue weighted by Crippen LogP contribution is -2.48. The zero-order chi connectivity index (χ0) is 17.2. The molecule has 3 heterocycles. The van der Waals surface area contributed by atoms with Gasteiger partial charge in [-0.15, -0.1) is 0 Å². The number of ketones is 1. The van der Waals surface area contributed by atoms with Crippen molar-refractivity contribution in [2.45, 2.75) is 6.92 Å². The van der Waals surface area contributed by atoms with E-state index in [1.807, 2.05) is 18.3 Å². The highest BCUT2D eigenvalue weighted by atomic mass is 16.1. The number of hydrogen-bond donors (Lipinski definition) is 1. The number of rotatable bonds is 4. The topological polar surface area (TPSA) is 65.1 Å². The van der Waals surface area contributed by atoms with Crippen molar-refractivity contribution in [3.63, 3.8) is 0 Å². The van der Waals surface area contributed by atoms with E-state index in [9.17, 15) is 4.79 Å². The van der Waals surface area contributed by atoms with Crippen LogP contribution in [0.15, 0.2) is 43.0 Å². The summed E-state index contributed by atoms with van der Waals surface area (Å²) in [5.41, 5.74) is 3.00. The molecule has 1 N–H and O–H groups in total. The molecule has 1 aliphatic heterocycles. The van der Waals surface area contributed by atoms with Crippen LogP contribution in [0.25, 0.3) is 10.9 Å². The molecule has 0 amide bonds. The minimum atomic E-state index is 0.169. The minimum Gasteiger partial charge on any atom is -0.360 e. The Bertz CT molecular complexity index is 881. The third-order valence-electron chi connectivity index (χ3n) is 4.75. The quantitative estimate of drug-likeness (QED) is 0.741. The number of H-pyrrole nitrogens is 1. The van der Waals surface area contributed by atoms with E-state index in [1.165, 1.54) is 5.56 Å². The first-order chi connectivity index (χ1) is 12.2. The number of aromatic nitrogens is 3. The monoisotopic (exact) mass is 335 g/mol. The molecule has 0 aliphatic carbocycles. The second kappa shape index (κ2) is 6.64. The maximum absolute atomic E-state index is 12.7. The van der Waals surface area contributed by atoms with Gasteiger partial charge in [-0.25, -0.2) is 4.98 Å². The van der Waals surface area contributed by atoms with Crippen LogP contribution < -0.4 is 4.90 Å². The van der Waals surface area contributed by atoms with Gasteiger partial charge < -0.3 is 9.88 Å². The summed E-state index contributed by atoms with van der Waals surface area (Å²) in [4.78, 5) is 28.8. The second-order valence-electron chi connectivity index (χ2n) is 6.50. The molecule has 128 valence electrons. The molecule has 2 aromatic heterocycles. The Morgan fingerprint density at radius 1 is 1.20 bits per heavy atom. The molecular formula is C19H21N5O. The Balaban J connectivity index is 1.40. The van der Waals surface area contributed by atoms with E-state index in [0.29, 0.717) is 6.54 Å². The maximum Gasteiger partial charge on any atom is 0.178 e. The normalized spacial score (nSPS) is 15.6.